The van der Waals surface area contributed by atoms with E-state index in [9.17, 15) is 9.90 Å². The molecule has 0 aliphatic rings. The summed E-state index contributed by atoms with van der Waals surface area (Å²) >= 11 is 0. The molecule has 19 heavy (non-hydrogen) atoms. The summed E-state index contributed by atoms with van der Waals surface area (Å²) in [7, 11) is 0. The molecule has 0 aromatic heterocycles. The van der Waals surface area contributed by atoms with Crippen LogP contribution in [0.2, 0.25) is 0 Å². The Kier molecular flexibility index (Phi) is 4.81. The van der Waals surface area contributed by atoms with E-state index in [0.29, 0.717) is 19.5 Å². The van der Waals surface area contributed by atoms with E-state index in [1.807, 2.05) is 12.1 Å². The normalized spacial score (nSPS) is 11.4. The predicted octanol–water partition coefficient (Wildman–Crippen LogP) is 3.23. The van der Waals surface area contributed by atoms with Crippen LogP contribution in [0.3, 0.4) is 0 Å². The van der Waals surface area contributed by atoms with E-state index in [1.54, 1.807) is 13.0 Å². The second-order valence-corrected chi connectivity index (χ2v) is 5.71. The number of hydrogen-bond donors (Lipinski definition) is 2. The van der Waals surface area contributed by atoms with E-state index >= 15 is 0 Å². The van der Waals surface area contributed by atoms with Crippen LogP contribution >= 0.6 is 0 Å². The van der Waals surface area contributed by atoms with Gasteiger partial charge in [-0.3, -0.25) is 0 Å². The van der Waals surface area contributed by atoms with E-state index in [0.717, 1.165) is 11.1 Å². The Labute approximate surface area is 114 Å². The fourth-order valence-electron chi connectivity index (χ4n) is 1.90. The van der Waals surface area contributed by atoms with Crippen molar-refractivity contribution in [1.29, 1.82) is 0 Å². The molecular formula is C15H23NO3. The van der Waals surface area contributed by atoms with Crippen molar-refractivity contribution in [3.05, 3.63) is 29.3 Å². The maximum Gasteiger partial charge on any atom is 0.407 e. The largest absolute Gasteiger partial charge is 0.508 e. The summed E-state index contributed by atoms with van der Waals surface area (Å²) in [5.74, 6) is 0.231. The molecule has 0 unspecified atom stereocenters. The monoisotopic (exact) mass is 265 g/mol. The highest BCUT2D eigenvalue weighted by molar-refractivity contribution is 5.64. The molecule has 1 aromatic rings. The lowest BCUT2D eigenvalue weighted by molar-refractivity contribution is 0.148. The first-order valence-electron chi connectivity index (χ1n) is 6.56. The quantitative estimate of drug-likeness (QED) is 0.878. The highest BCUT2D eigenvalue weighted by Gasteiger charge is 2.16. The van der Waals surface area contributed by atoms with Crippen LogP contribution < -0.4 is 0 Å². The number of hydrogen-bond acceptors (Lipinski definition) is 2. The van der Waals surface area contributed by atoms with Gasteiger partial charge in [0.25, 0.3) is 0 Å². The second kappa shape index (κ2) is 5.95. The summed E-state index contributed by atoms with van der Waals surface area (Å²) in [6.07, 6.45) is -0.399. The lowest BCUT2D eigenvalue weighted by atomic mass is 9.85. The first-order chi connectivity index (χ1) is 8.75. The van der Waals surface area contributed by atoms with Crippen LogP contribution in [0.5, 0.6) is 5.75 Å². The molecule has 0 saturated heterocycles. The number of carbonyl (C=O) groups is 1. The summed E-state index contributed by atoms with van der Waals surface area (Å²) in [6, 6.07) is 5.56. The van der Waals surface area contributed by atoms with Crippen molar-refractivity contribution >= 4 is 6.09 Å². The molecule has 4 heteroatoms. The number of rotatable bonds is 4. The van der Waals surface area contributed by atoms with Crippen LogP contribution in [-0.2, 0) is 11.8 Å². The van der Waals surface area contributed by atoms with Gasteiger partial charge in [-0.25, -0.2) is 4.79 Å². The fourth-order valence-corrected chi connectivity index (χ4v) is 1.90. The molecule has 0 heterocycles. The van der Waals surface area contributed by atoms with Crippen molar-refractivity contribution in [2.45, 2.75) is 39.5 Å². The highest BCUT2D eigenvalue weighted by atomic mass is 16.4. The van der Waals surface area contributed by atoms with E-state index in [4.69, 9.17) is 5.11 Å². The molecule has 0 radical (unpaired) electrons. The average molecular weight is 265 g/mol. The Bertz CT molecular complexity index is 449. The van der Waals surface area contributed by atoms with Gasteiger partial charge in [0.05, 0.1) is 0 Å². The van der Waals surface area contributed by atoms with Crippen LogP contribution in [-0.4, -0.2) is 34.3 Å². The van der Waals surface area contributed by atoms with Crippen LogP contribution in [0.15, 0.2) is 18.2 Å². The smallest absolute Gasteiger partial charge is 0.407 e. The third-order valence-corrected chi connectivity index (χ3v) is 3.25. The summed E-state index contributed by atoms with van der Waals surface area (Å²) in [4.78, 5) is 12.3. The number of nitrogens with zero attached hydrogens (tertiary/aromatic N) is 1. The van der Waals surface area contributed by atoms with Gasteiger partial charge in [-0.1, -0.05) is 32.9 Å². The lowest BCUT2D eigenvalue weighted by Crippen LogP contribution is -2.31. The van der Waals surface area contributed by atoms with E-state index < -0.39 is 6.09 Å². The zero-order valence-electron chi connectivity index (χ0n) is 12.1. The lowest BCUT2D eigenvalue weighted by Gasteiger charge is -2.21. The summed E-state index contributed by atoms with van der Waals surface area (Å²) < 4.78 is 0. The minimum Gasteiger partial charge on any atom is -0.508 e. The Balaban J connectivity index is 2.86. The first kappa shape index (κ1) is 15.3. The number of phenols is 1. The Morgan fingerprint density at radius 2 is 1.95 bits per heavy atom. The van der Waals surface area contributed by atoms with E-state index in [2.05, 4.69) is 20.8 Å². The number of phenolic OH excluding ortho intramolecular Hbond substituents is 1. The summed E-state index contributed by atoms with van der Waals surface area (Å²) in [5.41, 5.74) is 1.95. The third kappa shape index (κ3) is 4.16. The minimum absolute atomic E-state index is 0.0136. The van der Waals surface area contributed by atoms with Gasteiger partial charge >= 0.3 is 6.09 Å². The maximum absolute atomic E-state index is 10.9. The van der Waals surface area contributed by atoms with Crippen molar-refractivity contribution in [3.63, 3.8) is 0 Å². The van der Waals surface area contributed by atoms with Gasteiger partial charge in [0.2, 0.25) is 0 Å². The van der Waals surface area contributed by atoms with Crippen molar-refractivity contribution in [1.82, 2.24) is 4.90 Å². The molecule has 1 aromatic carbocycles. The fraction of sp³-hybridized carbons (Fsp3) is 0.533. The van der Waals surface area contributed by atoms with Crippen molar-refractivity contribution in [3.8, 4) is 5.75 Å². The molecule has 0 saturated carbocycles. The van der Waals surface area contributed by atoms with Gasteiger partial charge in [0.15, 0.2) is 0 Å². The van der Waals surface area contributed by atoms with E-state index in [1.165, 1.54) is 4.90 Å². The average Bonchev–Trinajstić information content (AvgIpc) is 2.30. The van der Waals surface area contributed by atoms with Crippen molar-refractivity contribution in [2.75, 3.05) is 13.1 Å². The van der Waals surface area contributed by atoms with Crippen LogP contribution in [0.1, 0.15) is 38.8 Å². The number of carboxylic acid groups (broad SMARTS) is 1. The van der Waals surface area contributed by atoms with Gasteiger partial charge < -0.3 is 15.1 Å². The molecule has 0 spiro atoms. The molecule has 2 N–H and O–H groups in total. The van der Waals surface area contributed by atoms with Gasteiger partial charge in [-0.05, 0) is 36.0 Å². The molecule has 0 fully saturated rings. The van der Waals surface area contributed by atoms with Crippen molar-refractivity contribution < 1.29 is 15.0 Å². The summed E-state index contributed by atoms with van der Waals surface area (Å²) in [6.45, 7) is 8.98. The zero-order chi connectivity index (χ0) is 14.6. The SMILES string of the molecule is CCN(CCc1cc(C(C)(C)C)ccc1O)C(=O)O. The number of likely N-dealkylation sites (N-methyl/N-ethyl adjacent to an activating group) is 1. The van der Waals surface area contributed by atoms with Gasteiger partial charge in [0.1, 0.15) is 5.75 Å². The van der Waals surface area contributed by atoms with Crippen LogP contribution in [0, 0.1) is 0 Å². The van der Waals surface area contributed by atoms with Crippen LogP contribution in [0.25, 0.3) is 0 Å². The number of amides is 1. The van der Waals surface area contributed by atoms with Crippen molar-refractivity contribution in [2.24, 2.45) is 0 Å². The highest BCUT2D eigenvalue weighted by Crippen LogP contribution is 2.27. The Morgan fingerprint density at radius 1 is 1.32 bits per heavy atom. The number of aromatic hydroxyl groups is 1. The van der Waals surface area contributed by atoms with Crippen LogP contribution in [0.4, 0.5) is 4.79 Å². The molecule has 0 aliphatic carbocycles. The Morgan fingerprint density at radius 3 is 2.42 bits per heavy atom. The molecule has 0 bridgehead atoms. The molecular weight excluding hydrogens is 242 g/mol. The topological polar surface area (TPSA) is 60.8 Å². The molecule has 1 rings (SSSR count). The molecule has 106 valence electrons. The molecule has 4 nitrogen and oxygen atoms in total. The third-order valence-electron chi connectivity index (χ3n) is 3.25. The first-order valence-corrected chi connectivity index (χ1v) is 6.56. The standard InChI is InChI=1S/C15H23NO3/c1-5-16(14(18)19)9-8-11-10-12(15(2,3)4)6-7-13(11)17/h6-7,10,17H,5,8-9H2,1-4H3,(H,18,19). The van der Waals surface area contributed by atoms with E-state index in [-0.39, 0.29) is 11.2 Å². The zero-order valence-corrected chi connectivity index (χ0v) is 12.1. The molecule has 0 atom stereocenters. The number of benzene rings is 1. The predicted molar refractivity (Wildman–Crippen MR) is 75.8 cm³/mol. The second-order valence-electron chi connectivity index (χ2n) is 5.71. The van der Waals surface area contributed by atoms with Gasteiger partial charge in [-0.2, -0.15) is 0 Å². The van der Waals surface area contributed by atoms with Gasteiger partial charge in [-0.15, -0.1) is 0 Å². The maximum atomic E-state index is 10.9. The minimum atomic E-state index is -0.922. The molecule has 0 aliphatic heterocycles. The summed E-state index contributed by atoms with van der Waals surface area (Å²) in [5, 5.41) is 18.8. The van der Waals surface area contributed by atoms with Gasteiger partial charge in [0, 0.05) is 13.1 Å². The molecule has 1 amide bonds. The Hall–Kier alpha value is -1.71.